The van der Waals surface area contributed by atoms with Crippen LogP contribution in [-0.2, 0) is 10.0 Å². The molecular weight excluding hydrogens is 348 g/mol. The number of anilines is 2. The Morgan fingerprint density at radius 2 is 2.21 bits per heavy atom. The Hall–Kier alpha value is -2.33. The molecule has 0 atom stereocenters. The van der Waals surface area contributed by atoms with Crippen molar-refractivity contribution in [3.63, 3.8) is 0 Å². The van der Waals surface area contributed by atoms with Gasteiger partial charge in [-0.1, -0.05) is 6.07 Å². The fourth-order valence-electron chi connectivity index (χ4n) is 2.17. The Labute approximate surface area is 142 Å². The smallest absolute Gasteiger partial charge is 0.254 e. The Bertz CT molecular complexity index is 947. The van der Waals surface area contributed by atoms with E-state index < -0.39 is 10.0 Å². The predicted octanol–water partition coefficient (Wildman–Crippen LogP) is 2.13. The maximum Gasteiger partial charge on any atom is 0.254 e. The fourth-order valence-corrected chi connectivity index (χ4v) is 4.31. The molecule has 0 spiro atoms. The van der Waals surface area contributed by atoms with Crippen molar-refractivity contribution in [2.24, 2.45) is 5.92 Å². The number of rotatable bonds is 6. The van der Waals surface area contributed by atoms with Crippen LogP contribution in [0.5, 0.6) is 0 Å². The van der Waals surface area contributed by atoms with Crippen LogP contribution in [0, 0.1) is 5.92 Å². The second-order valence-electron chi connectivity index (χ2n) is 5.59. The molecule has 0 amide bonds. The van der Waals surface area contributed by atoms with Gasteiger partial charge in [0.25, 0.3) is 10.0 Å². The molecule has 3 aromatic rings. The van der Waals surface area contributed by atoms with E-state index in [4.69, 9.17) is 0 Å². The van der Waals surface area contributed by atoms with Crippen molar-refractivity contribution in [3.8, 4) is 11.4 Å². The van der Waals surface area contributed by atoms with Gasteiger partial charge < -0.3 is 5.32 Å². The third kappa shape index (κ3) is 3.29. The molecule has 0 saturated heterocycles. The molecule has 0 radical (unpaired) electrons. The summed E-state index contributed by atoms with van der Waals surface area (Å²) in [5.74, 6) is 1.52. The Balaban J connectivity index is 1.52. The van der Waals surface area contributed by atoms with Crippen LogP contribution in [0.2, 0.25) is 0 Å². The highest BCUT2D eigenvalue weighted by Gasteiger charge is 2.29. The summed E-state index contributed by atoms with van der Waals surface area (Å²) in [5.41, 5.74) is 0.569. The summed E-state index contributed by atoms with van der Waals surface area (Å²) >= 11 is 1.18. The molecule has 1 N–H and O–H groups in total. The molecule has 8 nitrogen and oxygen atoms in total. The molecule has 1 saturated carbocycles. The molecule has 4 rings (SSSR count). The third-order valence-electron chi connectivity index (χ3n) is 3.57. The zero-order valence-electron chi connectivity index (χ0n) is 12.5. The Morgan fingerprint density at radius 3 is 2.96 bits per heavy atom. The fraction of sp³-hybridized carbons (Fsp3) is 0.286. The van der Waals surface area contributed by atoms with Crippen molar-refractivity contribution in [1.82, 2.24) is 23.5 Å². The first-order valence-corrected chi connectivity index (χ1v) is 9.78. The van der Waals surface area contributed by atoms with Gasteiger partial charge in [0.2, 0.25) is 5.13 Å². The van der Waals surface area contributed by atoms with E-state index in [0.717, 1.165) is 16.9 Å². The highest BCUT2D eigenvalue weighted by Crippen LogP contribution is 2.31. The number of nitrogens with zero attached hydrogens (tertiary/aromatic N) is 5. The van der Waals surface area contributed by atoms with Crippen molar-refractivity contribution in [3.05, 3.63) is 36.8 Å². The number of nitrogens with one attached hydrogen (secondary N) is 1. The summed E-state index contributed by atoms with van der Waals surface area (Å²) in [4.78, 5) is 8.51. The van der Waals surface area contributed by atoms with Gasteiger partial charge in [0, 0.05) is 17.7 Å². The molecule has 0 aromatic carbocycles. The van der Waals surface area contributed by atoms with Crippen LogP contribution in [0.4, 0.5) is 10.9 Å². The summed E-state index contributed by atoms with van der Waals surface area (Å²) in [6, 6.07) is 5.52. The van der Waals surface area contributed by atoms with Gasteiger partial charge in [-0.05, 0) is 30.9 Å². The Morgan fingerprint density at radius 1 is 1.33 bits per heavy atom. The molecule has 0 aliphatic heterocycles. The first kappa shape index (κ1) is 15.2. The van der Waals surface area contributed by atoms with Gasteiger partial charge in [-0.15, -0.1) is 0 Å². The first-order chi connectivity index (χ1) is 11.6. The van der Waals surface area contributed by atoms with Crippen LogP contribution in [0.1, 0.15) is 12.8 Å². The Kier molecular flexibility index (Phi) is 3.77. The first-order valence-electron chi connectivity index (χ1n) is 7.40. The molecule has 10 heteroatoms. The van der Waals surface area contributed by atoms with E-state index in [2.05, 4.69) is 24.8 Å². The van der Waals surface area contributed by atoms with Gasteiger partial charge >= 0.3 is 0 Å². The standard InChI is InChI=1S/C14H14N6O2S2/c21-24(22,9-10-4-5-10)20-8-11(7-16-20)13-18-14(23-19-13)17-12-3-1-2-6-15-12/h1-3,6-8,10H,4-5,9H2,(H,15,17,18,19). The second-order valence-corrected chi connectivity index (χ2v) is 8.21. The molecule has 0 unspecified atom stereocenters. The quantitative estimate of drug-likeness (QED) is 0.716. The highest BCUT2D eigenvalue weighted by atomic mass is 32.2. The van der Waals surface area contributed by atoms with Crippen LogP contribution >= 0.6 is 11.5 Å². The predicted molar refractivity (Wildman–Crippen MR) is 90.6 cm³/mol. The van der Waals surface area contributed by atoms with Crippen molar-refractivity contribution in [1.29, 1.82) is 0 Å². The number of aromatic nitrogens is 5. The average Bonchev–Trinajstić information content (AvgIpc) is 3.04. The largest absolute Gasteiger partial charge is 0.315 e. The third-order valence-corrected chi connectivity index (χ3v) is 5.87. The van der Waals surface area contributed by atoms with Gasteiger partial charge in [-0.2, -0.15) is 18.5 Å². The van der Waals surface area contributed by atoms with E-state index in [1.165, 1.54) is 23.9 Å². The molecule has 1 aliphatic carbocycles. The van der Waals surface area contributed by atoms with Crippen molar-refractivity contribution in [2.75, 3.05) is 11.1 Å². The lowest BCUT2D eigenvalue weighted by Crippen LogP contribution is -2.18. The SMILES string of the molecule is O=S(=O)(CC1CC1)n1cc(-c2nsc(Nc3ccccn3)n2)cn1. The van der Waals surface area contributed by atoms with Crippen LogP contribution in [-0.4, -0.2) is 37.7 Å². The molecular formula is C14H14N6O2S2. The molecule has 24 heavy (non-hydrogen) atoms. The van der Waals surface area contributed by atoms with E-state index in [0.29, 0.717) is 22.3 Å². The van der Waals surface area contributed by atoms with Gasteiger partial charge in [-0.25, -0.2) is 13.4 Å². The maximum absolute atomic E-state index is 12.2. The van der Waals surface area contributed by atoms with Crippen LogP contribution in [0.25, 0.3) is 11.4 Å². The van der Waals surface area contributed by atoms with E-state index in [-0.39, 0.29) is 11.7 Å². The number of pyridine rings is 1. The maximum atomic E-state index is 12.2. The molecule has 3 aromatic heterocycles. The topological polar surface area (TPSA) is 103 Å². The lowest BCUT2D eigenvalue weighted by Gasteiger charge is -2.01. The monoisotopic (exact) mass is 362 g/mol. The summed E-state index contributed by atoms with van der Waals surface area (Å²) in [6.45, 7) is 0. The van der Waals surface area contributed by atoms with E-state index in [1.807, 2.05) is 18.2 Å². The number of hydrogen-bond acceptors (Lipinski definition) is 8. The average molecular weight is 362 g/mol. The van der Waals surface area contributed by atoms with Crippen LogP contribution < -0.4 is 5.32 Å². The van der Waals surface area contributed by atoms with Crippen LogP contribution in [0.3, 0.4) is 0 Å². The molecule has 0 bridgehead atoms. The van der Waals surface area contributed by atoms with E-state index >= 15 is 0 Å². The number of hydrogen-bond donors (Lipinski definition) is 1. The minimum Gasteiger partial charge on any atom is -0.315 e. The van der Waals surface area contributed by atoms with Gasteiger partial charge in [0.15, 0.2) is 5.82 Å². The van der Waals surface area contributed by atoms with Gasteiger partial charge in [-0.3, -0.25) is 0 Å². The molecule has 1 aliphatic rings. The normalized spacial score (nSPS) is 14.7. The minimum absolute atomic E-state index is 0.144. The summed E-state index contributed by atoms with van der Waals surface area (Å²) in [5, 5.41) is 7.59. The van der Waals surface area contributed by atoms with E-state index in [1.54, 1.807) is 6.20 Å². The minimum atomic E-state index is -3.40. The molecule has 3 heterocycles. The second kappa shape index (κ2) is 5.95. The zero-order chi connectivity index (χ0) is 16.6. The van der Waals surface area contributed by atoms with Gasteiger partial charge in [0.05, 0.1) is 23.7 Å². The summed E-state index contributed by atoms with van der Waals surface area (Å²) in [6.07, 6.45) is 6.56. The summed E-state index contributed by atoms with van der Waals surface area (Å²) < 4.78 is 29.7. The van der Waals surface area contributed by atoms with Crippen molar-refractivity contribution >= 4 is 32.5 Å². The summed E-state index contributed by atoms with van der Waals surface area (Å²) in [7, 11) is -3.40. The lowest BCUT2D eigenvalue weighted by atomic mass is 10.3. The molecule has 1 fully saturated rings. The van der Waals surface area contributed by atoms with Crippen LogP contribution in [0.15, 0.2) is 36.8 Å². The van der Waals surface area contributed by atoms with E-state index in [9.17, 15) is 8.42 Å². The molecule has 124 valence electrons. The lowest BCUT2D eigenvalue weighted by molar-refractivity contribution is 0.576. The zero-order valence-corrected chi connectivity index (χ0v) is 14.2. The van der Waals surface area contributed by atoms with Gasteiger partial charge in [0.1, 0.15) is 5.82 Å². The highest BCUT2D eigenvalue weighted by molar-refractivity contribution is 7.89. The van der Waals surface area contributed by atoms with Crippen molar-refractivity contribution in [2.45, 2.75) is 12.8 Å². The van der Waals surface area contributed by atoms with Crippen molar-refractivity contribution < 1.29 is 8.42 Å².